The predicted molar refractivity (Wildman–Crippen MR) is 98.7 cm³/mol. The van der Waals surface area contributed by atoms with E-state index in [1.165, 1.54) is 12.8 Å². The van der Waals surface area contributed by atoms with Crippen molar-refractivity contribution in [3.63, 3.8) is 0 Å². The SMILES string of the molecule is Cc1noc2nc(-c3ccccc3)cc(C(=O)NC34CCC(CC3)C4)c12. The minimum absolute atomic E-state index is 0.0185. The molecule has 2 aromatic heterocycles. The summed E-state index contributed by atoms with van der Waals surface area (Å²) in [5.41, 5.74) is 3.39. The van der Waals surface area contributed by atoms with Crippen LogP contribution in [-0.4, -0.2) is 21.6 Å². The van der Waals surface area contributed by atoms with Gasteiger partial charge in [0.2, 0.25) is 0 Å². The highest BCUT2D eigenvalue weighted by Gasteiger charge is 2.45. The summed E-state index contributed by atoms with van der Waals surface area (Å²) < 4.78 is 5.39. The Hall–Kier alpha value is -2.69. The van der Waals surface area contributed by atoms with E-state index in [0.29, 0.717) is 22.4 Å². The minimum Gasteiger partial charge on any atom is -0.347 e. The van der Waals surface area contributed by atoms with E-state index in [-0.39, 0.29) is 11.4 Å². The topological polar surface area (TPSA) is 68.0 Å². The van der Waals surface area contributed by atoms with Gasteiger partial charge in [-0.25, -0.2) is 4.98 Å². The molecule has 1 amide bonds. The maximum atomic E-state index is 13.2. The smallest absolute Gasteiger partial charge is 0.259 e. The summed E-state index contributed by atoms with van der Waals surface area (Å²) in [6.07, 6.45) is 5.75. The summed E-state index contributed by atoms with van der Waals surface area (Å²) in [7, 11) is 0. The van der Waals surface area contributed by atoms with Gasteiger partial charge in [-0.2, -0.15) is 0 Å². The van der Waals surface area contributed by atoms with Crippen LogP contribution in [0.15, 0.2) is 40.9 Å². The highest BCUT2D eigenvalue weighted by Crippen LogP contribution is 2.47. The van der Waals surface area contributed by atoms with E-state index in [1.807, 2.05) is 43.3 Å². The number of nitrogens with zero attached hydrogens (tertiary/aromatic N) is 2. The fraction of sp³-hybridized carbons (Fsp3) is 0.381. The summed E-state index contributed by atoms with van der Waals surface area (Å²) in [5.74, 6) is 0.744. The largest absolute Gasteiger partial charge is 0.347 e. The van der Waals surface area contributed by atoms with Crippen LogP contribution in [0, 0.1) is 12.8 Å². The Balaban J connectivity index is 1.59. The zero-order valence-electron chi connectivity index (χ0n) is 14.8. The van der Waals surface area contributed by atoms with Gasteiger partial charge in [-0.05, 0) is 51.0 Å². The Bertz CT molecular complexity index is 985. The molecule has 1 N–H and O–H groups in total. The summed E-state index contributed by atoms with van der Waals surface area (Å²) in [6.45, 7) is 1.85. The number of carbonyl (C=O) groups excluding carboxylic acids is 1. The number of amides is 1. The van der Waals surface area contributed by atoms with Crippen LogP contribution < -0.4 is 5.32 Å². The van der Waals surface area contributed by atoms with Gasteiger partial charge in [0.1, 0.15) is 0 Å². The molecule has 1 aromatic carbocycles. The quantitative estimate of drug-likeness (QED) is 0.768. The first-order valence-electron chi connectivity index (χ1n) is 9.29. The number of aromatic nitrogens is 2. The van der Waals surface area contributed by atoms with E-state index in [2.05, 4.69) is 15.5 Å². The molecule has 2 fully saturated rings. The first-order chi connectivity index (χ1) is 12.6. The number of benzene rings is 1. The number of hydrogen-bond acceptors (Lipinski definition) is 4. The molecule has 2 aliphatic rings. The fourth-order valence-corrected chi connectivity index (χ4v) is 4.71. The maximum absolute atomic E-state index is 13.2. The molecule has 132 valence electrons. The second-order valence-corrected chi connectivity index (χ2v) is 7.75. The fourth-order valence-electron chi connectivity index (χ4n) is 4.71. The standard InChI is InChI=1S/C21H21N3O2/c1-13-18-16(19(25)23-21-9-7-14(12-21)8-10-21)11-17(22-20(18)26-24-13)15-5-3-2-4-6-15/h2-6,11,14H,7-10,12H2,1H3,(H,23,25). The molecule has 2 aliphatic carbocycles. The molecule has 0 radical (unpaired) electrons. The average molecular weight is 347 g/mol. The van der Waals surface area contributed by atoms with Crippen LogP contribution in [0.25, 0.3) is 22.4 Å². The Morgan fingerprint density at radius 3 is 2.69 bits per heavy atom. The van der Waals surface area contributed by atoms with Gasteiger partial charge in [-0.1, -0.05) is 35.5 Å². The zero-order chi connectivity index (χ0) is 17.7. The minimum atomic E-state index is -0.0385. The van der Waals surface area contributed by atoms with E-state index < -0.39 is 0 Å². The number of pyridine rings is 1. The van der Waals surface area contributed by atoms with Crippen LogP contribution in [0.1, 0.15) is 48.2 Å². The van der Waals surface area contributed by atoms with Crippen LogP contribution in [0.5, 0.6) is 0 Å². The molecule has 0 unspecified atom stereocenters. The monoisotopic (exact) mass is 347 g/mol. The molecular weight excluding hydrogens is 326 g/mol. The van der Waals surface area contributed by atoms with Gasteiger partial charge >= 0.3 is 0 Å². The maximum Gasteiger partial charge on any atom is 0.259 e. The van der Waals surface area contributed by atoms with Crippen LogP contribution in [0.2, 0.25) is 0 Å². The third-order valence-electron chi connectivity index (χ3n) is 6.05. The number of carbonyl (C=O) groups is 1. The Kier molecular flexibility index (Phi) is 3.39. The van der Waals surface area contributed by atoms with E-state index in [9.17, 15) is 4.79 Å². The van der Waals surface area contributed by atoms with Crippen LogP contribution in [0.4, 0.5) is 0 Å². The molecule has 3 aromatic rings. The molecule has 5 heteroatoms. The third kappa shape index (κ3) is 2.42. The van der Waals surface area contributed by atoms with Crippen LogP contribution >= 0.6 is 0 Å². The van der Waals surface area contributed by atoms with Gasteiger partial charge in [-0.3, -0.25) is 4.79 Å². The summed E-state index contributed by atoms with van der Waals surface area (Å²) >= 11 is 0. The second-order valence-electron chi connectivity index (χ2n) is 7.75. The van der Waals surface area contributed by atoms with Crippen LogP contribution in [-0.2, 0) is 0 Å². The van der Waals surface area contributed by atoms with Crippen molar-refractivity contribution in [2.75, 3.05) is 0 Å². The first-order valence-corrected chi connectivity index (χ1v) is 9.29. The van der Waals surface area contributed by atoms with Crippen LogP contribution in [0.3, 0.4) is 0 Å². The number of hydrogen-bond donors (Lipinski definition) is 1. The molecule has 0 saturated heterocycles. The van der Waals surface area contributed by atoms with Gasteiger partial charge in [0.25, 0.3) is 11.6 Å². The van der Waals surface area contributed by atoms with Crippen molar-refractivity contribution < 1.29 is 9.32 Å². The number of nitrogens with one attached hydrogen (secondary N) is 1. The highest BCUT2D eigenvalue weighted by molar-refractivity contribution is 6.07. The Labute approximate surface area is 151 Å². The van der Waals surface area contributed by atoms with E-state index in [0.717, 1.165) is 36.4 Å². The van der Waals surface area contributed by atoms with Gasteiger partial charge in [0, 0.05) is 11.1 Å². The van der Waals surface area contributed by atoms with Crippen molar-refractivity contribution in [3.05, 3.63) is 47.7 Å². The summed E-state index contributed by atoms with van der Waals surface area (Å²) in [4.78, 5) is 17.8. The number of fused-ring (bicyclic) bond motifs is 3. The van der Waals surface area contributed by atoms with Crippen molar-refractivity contribution >= 4 is 17.0 Å². The lowest BCUT2D eigenvalue weighted by atomic mass is 9.93. The predicted octanol–water partition coefficient (Wildman–Crippen LogP) is 4.26. The molecule has 0 atom stereocenters. The van der Waals surface area contributed by atoms with Crippen molar-refractivity contribution in [2.24, 2.45) is 5.92 Å². The summed E-state index contributed by atoms with van der Waals surface area (Å²) in [5, 5.41) is 8.10. The Morgan fingerprint density at radius 2 is 2.00 bits per heavy atom. The molecule has 2 heterocycles. The molecule has 0 aliphatic heterocycles. The number of aryl methyl sites for hydroxylation is 1. The zero-order valence-corrected chi connectivity index (χ0v) is 14.8. The average Bonchev–Trinajstić information content (AvgIpc) is 3.36. The molecular formula is C21H21N3O2. The lowest BCUT2D eigenvalue weighted by Crippen LogP contribution is -2.45. The Morgan fingerprint density at radius 1 is 1.23 bits per heavy atom. The second kappa shape index (κ2) is 5.66. The van der Waals surface area contributed by atoms with Crippen molar-refractivity contribution in [1.82, 2.24) is 15.5 Å². The lowest BCUT2D eigenvalue weighted by Gasteiger charge is -2.28. The van der Waals surface area contributed by atoms with Gasteiger partial charge in [-0.15, -0.1) is 0 Å². The van der Waals surface area contributed by atoms with Gasteiger partial charge < -0.3 is 9.84 Å². The molecule has 2 saturated carbocycles. The van der Waals surface area contributed by atoms with Crippen molar-refractivity contribution in [1.29, 1.82) is 0 Å². The third-order valence-corrected chi connectivity index (χ3v) is 6.05. The van der Waals surface area contributed by atoms with Gasteiger partial charge in [0.15, 0.2) is 0 Å². The molecule has 5 rings (SSSR count). The van der Waals surface area contributed by atoms with Gasteiger partial charge in [0.05, 0.1) is 22.3 Å². The van der Waals surface area contributed by atoms with E-state index in [4.69, 9.17) is 4.52 Å². The summed E-state index contributed by atoms with van der Waals surface area (Å²) in [6, 6.07) is 11.7. The molecule has 26 heavy (non-hydrogen) atoms. The first kappa shape index (κ1) is 15.6. The normalized spacial score (nSPS) is 24.3. The molecule has 5 nitrogen and oxygen atoms in total. The van der Waals surface area contributed by atoms with E-state index >= 15 is 0 Å². The highest BCUT2D eigenvalue weighted by atomic mass is 16.5. The lowest BCUT2D eigenvalue weighted by molar-refractivity contribution is 0.0902. The van der Waals surface area contributed by atoms with Crippen molar-refractivity contribution in [2.45, 2.75) is 44.6 Å². The molecule has 0 spiro atoms. The molecule has 2 bridgehead atoms. The van der Waals surface area contributed by atoms with E-state index in [1.54, 1.807) is 0 Å². The van der Waals surface area contributed by atoms with Crippen molar-refractivity contribution in [3.8, 4) is 11.3 Å². The number of rotatable bonds is 3.